The van der Waals surface area contributed by atoms with E-state index >= 15 is 0 Å². The molecule has 0 aliphatic heterocycles. The molecule has 0 radical (unpaired) electrons. The van der Waals surface area contributed by atoms with Gasteiger partial charge in [-0.3, -0.25) is 9.59 Å². The Balaban J connectivity index is 2.50. The number of rotatable bonds is 10. The molecule has 7 heteroatoms. The zero-order valence-corrected chi connectivity index (χ0v) is 18.4. The van der Waals surface area contributed by atoms with Crippen molar-refractivity contribution in [3.8, 4) is 0 Å². The molecule has 3 atom stereocenters. The van der Waals surface area contributed by atoms with Gasteiger partial charge in [-0.2, -0.15) is 0 Å². The number of Topliss-reactive ketones (excluding diaryl/α,β-unsaturated/α-hetero) is 1. The molecule has 1 aliphatic rings. The highest BCUT2D eigenvalue weighted by Crippen LogP contribution is 2.47. The molecule has 1 fully saturated rings. The third-order valence-electron chi connectivity index (χ3n) is 5.47. The van der Waals surface area contributed by atoms with Crippen LogP contribution >= 0.6 is 0 Å². The van der Waals surface area contributed by atoms with Gasteiger partial charge in [-0.1, -0.05) is 38.3 Å². The molecule has 1 aromatic carbocycles. The summed E-state index contributed by atoms with van der Waals surface area (Å²) >= 11 is 0. The highest BCUT2D eigenvalue weighted by atomic mass is 16.6. The van der Waals surface area contributed by atoms with Crippen LogP contribution in [0.4, 0.5) is 0 Å². The summed E-state index contributed by atoms with van der Waals surface area (Å²) in [7, 11) is 0. The standard InChI is InChI=1S/C24H32O7/c1-4-6-7-8-9-13-19(26)22-20(27)15-21(28)24(22,31-16(3)25)18-12-10-11-17(14-18)23(29)30-5-2/h10-14,20,22,26-27H,4-9,15H2,1-3H3/b19-13+. The smallest absolute Gasteiger partial charge is 0.338 e. The van der Waals surface area contributed by atoms with Crippen molar-refractivity contribution in [2.75, 3.05) is 6.61 Å². The van der Waals surface area contributed by atoms with Crippen LogP contribution in [0.5, 0.6) is 0 Å². The summed E-state index contributed by atoms with van der Waals surface area (Å²) in [6.07, 6.45) is 4.66. The summed E-state index contributed by atoms with van der Waals surface area (Å²) < 4.78 is 10.6. The van der Waals surface area contributed by atoms with Gasteiger partial charge in [-0.15, -0.1) is 0 Å². The van der Waals surface area contributed by atoms with Gasteiger partial charge in [-0.25, -0.2) is 4.79 Å². The molecule has 2 N–H and O–H groups in total. The number of aliphatic hydroxyl groups is 2. The van der Waals surface area contributed by atoms with Crippen molar-refractivity contribution in [2.24, 2.45) is 5.92 Å². The van der Waals surface area contributed by atoms with Crippen LogP contribution in [0.1, 0.15) is 75.2 Å². The molecule has 0 amide bonds. The lowest BCUT2D eigenvalue weighted by Gasteiger charge is -2.34. The van der Waals surface area contributed by atoms with Gasteiger partial charge in [0.05, 0.1) is 30.0 Å². The number of ketones is 1. The quantitative estimate of drug-likeness (QED) is 0.327. The maximum absolute atomic E-state index is 13.1. The normalized spacial score (nSPS) is 23.6. The molecule has 170 valence electrons. The topological polar surface area (TPSA) is 110 Å². The zero-order chi connectivity index (χ0) is 23.0. The number of benzene rings is 1. The van der Waals surface area contributed by atoms with E-state index in [1.807, 2.05) is 0 Å². The molecule has 3 unspecified atom stereocenters. The molecular formula is C24H32O7. The SMILES string of the molecule is CCCCCC/C=C(/O)C1C(O)CC(=O)C1(OC(C)=O)c1cccc(C(=O)OCC)c1. The molecule has 31 heavy (non-hydrogen) atoms. The van der Waals surface area contributed by atoms with Gasteiger partial charge in [0.1, 0.15) is 0 Å². The van der Waals surface area contributed by atoms with E-state index in [0.29, 0.717) is 6.42 Å². The van der Waals surface area contributed by atoms with Gasteiger partial charge in [-0.05, 0) is 38.0 Å². The minimum absolute atomic E-state index is 0.181. The van der Waals surface area contributed by atoms with Gasteiger partial charge in [0.15, 0.2) is 5.78 Å². The minimum Gasteiger partial charge on any atom is -0.512 e. The number of ether oxygens (including phenoxy) is 2. The van der Waals surface area contributed by atoms with Crippen molar-refractivity contribution in [1.82, 2.24) is 0 Å². The van der Waals surface area contributed by atoms with E-state index in [1.54, 1.807) is 25.1 Å². The first-order valence-electron chi connectivity index (χ1n) is 10.9. The number of carbonyl (C=O) groups is 3. The van der Waals surface area contributed by atoms with E-state index in [4.69, 9.17) is 9.47 Å². The number of carbonyl (C=O) groups excluding carboxylic acids is 3. The van der Waals surface area contributed by atoms with E-state index < -0.39 is 35.3 Å². The van der Waals surface area contributed by atoms with Crippen LogP contribution in [0.25, 0.3) is 0 Å². The Hall–Kier alpha value is -2.67. The summed E-state index contributed by atoms with van der Waals surface area (Å²) in [6, 6.07) is 6.03. The Kier molecular flexibility index (Phi) is 8.80. The molecule has 0 heterocycles. The number of hydrogen-bond acceptors (Lipinski definition) is 7. The average molecular weight is 433 g/mol. The number of unbranched alkanes of at least 4 members (excludes halogenated alkanes) is 4. The second-order valence-electron chi connectivity index (χ2n) is 7.78. The number of hydrogen-bond donors (Lipinski definition) is 2. The predicted octanol–water partition coefficient (Wildman–Crippen LogP) is 3.98. The fourth-order valence-electron chi connectivity index (χ4n) is 4.10. The van der Waals surface area contributed by atoms with E-state index in [9.17, 15) is 24.6 Å². The molecule has 0 saturated heterocycles. The lowest BCUT2D eigenvalue weighted by Crippen LogP contribution is -2.44. The van der Waals surface area contributed by atoms with Gasteiger partial charge in [0, 0.05) is 18.9 Å². The van der Waals surface area contributed by atoms with Crippen molar-refractivity contribution < 1.29 is 34.1 Å². The van der Waals surface area contributed by atoms with Crippen molar-refractivity contribution in [3.63, 3.8) is 0 Å². The monoisotopic (exact) mass is 432 g/mol. The summed E-state index contributed by atoms with van der Waals surface area (Å²) in [5.41, 5.74) is -1.52. The molecule has 7 nitrogen and oxygen atoms in total. The Morgan fingerprint density at radius 3 is 2.61 bits per heavy atom. The Morgan fingerprint density at radius 1 is 1.23 bits per heavy atom. The fourth-order valence-corrected chi connectivity index (χ4v) is 4.10. The Bertz CT molecular complexity index is 829. The van der Waals surface area contributed by atoms with Crippen molar-refractivity contribution in [3.05, 3.63) is 47.2 Å². The first kappa shape index (κ1) is 24.6. The van der Waals surface area contributed by atoms with E-state index in [-0.39, 0.29) is 29.9 Å². The lowest BCUT2D eigenvalue weighted by molar-refractivity contribution is -0.170. The highest BCUT2D eigenvalue weighted by Gasteiger charge is 2.60. The fraction of sp³-hybridized carbons (Fsp3) is 0.542. The zero-order valence-electron chi connectivity index (χ0n) is 18.4. The van der Waals surface area contributed by atoms with Crippen LogP contribution in [-0.2, 0) is 24.7 Å². The van der Waals surface area contributed by atoms with Crippen molar-refractivity contribution in [2.45, 2.75) is 71.0 Å². The Labute approximate surface area is 183 Å². The first-order chi connectivity index (χ1) is 14.8. The minimum atomic E-state index is -1.92. The summed E-state index contributed by atoms with van der Waals surface area (Å²) in [5, 5.41) is 21.5. The number of allylic oxidation sites excluding steroid dienone is 1. The summed E-state index contributed by atoms with van der Waals surface area (Å²) in [6.45, 7) is 5.13. The van der Waals surface area contributed by atoms with Crippen LogP contribution in [0.3, 0.4) is 0 Å². The molecular weight excluding hydrogens is 400 g/mol. The maximum atomic E-state index is 13.1. The van der Waals surface area contributed by atoms with Gasteiger partial charge >= 0.3 is 11.9 Å². The van der Waals surface area contributed by atoms with Crippen LogP contribution in [-0.4, -0.2) is 40.6 Å². The first-order valence-corrected chi connectivity index (χ1v) is 10.9. The number of aliphatic hydroxyl groups excluding tert-OH is 2. The second kappa shape index (κ2) is 11.1. The predicted molar refractivity (Wildman–Crippen MR) is 114 cm³/mol. The second-order valence-corrected chi connectivity index (χ2v) is 7.78. The summed E-state index contributed by atoms with van der Waals surface area (Å²) in [5.74, 6) is -3.21. The van der Waals surface area contributed by atoms with Crippen LogP contribution < -0.4 is 0 Å². The molecule has 0 spiro atoms. The van der Waals surface area contributed by atoms with E-state index in [0.717, 1.165) is 32.6 Å². The van der Waals surface area contributed by atoms with E-state index in [2.05, 4.69) is 6.92 Å². The molecule has 1 aromatic rings. The molecule has 1 aliphatic carbocycles. The van der Waals surface area contributed by atoms with Crippen LogP contribution in [0.2, 0.25) is 0 Å². The third-order valence-corrected chi connectivity index (χ3v) is 5.47. The molecule has 0 bridgehead atoms. The van der Waals surface area contributed by atoms with Crippen molar-refractivity contribution >= 4 is 17.7 Å². The third kappa shape index (κ3) is 5.53. The van der Waals surface area contributed by atoms with Crippen LogP contribution in [0.15, 0.2) is 36.1 Å². The highest BCUT2D eigenvalue weighted by molar-refractivity contribution is 5.95. The van der Waals surface area contributed by atoms with Gasteiger partial charge in [0.25, 0.3) is 0 Å². The van der Waals surface area contributed by atoms with Gasteiger partial charge in [0.2, 0.25) is 5.60 Å². The van der Waals surface area contributed by atoms with Crippen molar-refractivity contribution in [1.29, 1.82) is 0 Å². The maximum Gasteiger partial charge on any atom is 0.338 e. The van der Waals surface area contributed by atoms with Gasteiger partial charge < -0.3 is 19.7 Å². The molecule has 0 aromatic heterocycles. The molecule has 1 saturated carbocycles. The number of esters is 2. The van der Waals surface area contributed by atoms with Crippen LogP contribution in [0, 0.1) is 5.92 Å². The molecule has 2 rings (SSSR count). The lowest BCUT2D eigenvalue weighted by atomic mass is 9.80. The van der Waals surface area contributed by atoms with E-state index in [1.165, 1.54) is 12.1 Å². The summed E-state index contributed by atoms with van der Waals surface area (Å²) in [4.78, 5) is 37.3. The average Bonchev–Trinajstić information content (AvgIpc) is 2.97. The largest absolute Gasteiger partial charge is 0.512 e. The Morgan fingerprint density at radius 2 is 1.97 bits per heavy atom.